The Hall–Kier alpha value is -2.20. The van der Waals surface area contributed by atoms with E-state index >= 15 is 0 Å². The minimum Gasteiger partial charge on any atom is -0.497 e. The number of halogens is 1. The number of rotatable bonds is 5. The van der Waals surface area contributed by atoms with Crippen molar-refractivity contribution in [2.24, 2.45) is 0 Å². The van der Waals surface area contributed by atoms with Crippen molar-refractivity contribution in [2.75, 3.05) is 19.1 Å². The summed E-state index contributed by atoms with van der Waals surface area (Å²) in [5, 5.41) is 9.70. The molecule has 1 N–H and O–H groups in total. The summed E-state index contributed by atoms with van der Waals surface area (Å²) in [5.41, 5.74) is 1.70. The van der Waals surface area contributed by atoms with Crippen LogP contribution in [0.3, 0.4) is 0 Å². The lowest BCUT2D eigenvalue weighted by Crippen LogP contribution is -2.20. The molecule has 4 nitrogen and oxygen atoms in total. The predicted octanol–water partition coefficient (Wildman–Crippen LogP) is 3.68. The van der Waals surface area contributed by atoms with Crippen molar-refractivity contribution < 1.29 is 14.6 Å². The molecule has 0 aliphatic carbocycles. The molecule has 0 saturated carbocycles. The number of carboxylic acid groups (broad SMARTS) is 1. The van der Waals surface area contributed by atoms with Crippen molar-refractivity contribution in [3.63, 3.8) is 0 Å². The molecule has 0 atom stereocenters. The highest BCUT2D eigenvalue weighted by molar-refractivity contribution is 6.34. The highest BCUT2D eigenvalue weighted by Gasteiger charge is 2.17. The third-order valence-corrected chi connectivity index (χ3v) is 3.46. The van der Waals surface area contributed by atoms with Crippen LogP contribution >= 0.6 is 11.6 Å². The van der Waals surface area contributed by atoms with Crippen LogP contribution in [0.2, 0.25) is 5.02 Å². The number of nitrogens with zero attached hydrogens (tertiary/aromatic N) is 1. The Labute approximate surface area is 128 Å². The summed E-state index contributed by atoms with van der Waals surface area (Å²) in [6.45, 7) is 0.529. The standard InChI is InChI=1S/C16H16ClNO3/c1-18(10-11-5-3-6-12(9-11)21-2)15-13(16(19)20)7-4-8-14(15)17/h3-9H,10H2,1-2H3,(H,19,20). The maximum atomic E-state index is 11.3. The topological polar surface area (TPSA) is 49.8 Å². The van der Waals surface area contributed by atoms with Crippen LogP contribution in [-0.2, 0) is 6.54 Å². The minimum atomic E-state index is -0.995. The fraction of sp³-hybridized carbons (Fsp3) is 0.188. The molecule has 5 heteroatoms. The Balaban J connectivity index is 2.32. The van der Waals surface area contributed by atoms with Gasteiger partial charge in [0.25, 0.3) is 0 Å². The summed E-state index contributed by atoms with van der Waals surface area (Å²) in [7, 11) is 3.42. The highest BCUT2D eigenvalue weighted by atomic mass is 35.5. The van der Waals surface area contributed by atoms with Crippen molar-refractivity contribution in [3.05, 3.63) is 58.6 Å². The van der Waals surface area contributed by atoms with E-state index in [2.05, 4.69) is 0 Å². The van der Waals surface area contributed by atoms with Gasteiger partial charge in [0.05, 0.1) is 23.4 Å². The lowest BCUT2D eigenvalue weighted by atomic mass is 10.1. The van der Waals surface area contributed by atoms with Crippen LogP contribution in [0.1, 0.15) is 15.9 Å². The summed E-state index contributed by atoms with van der Waals surface area (Å²) >= 11 is 6.16. The molecule has 2 rings (SSSR count). The summed E-state index contributed by atoms with van der Waals surface area (Å²) in [5.74, 6) is -0.233. The lowest BCUT2D eigenvalue weighted by molar-refractivity contribution is 0.0697. The van der Waals surface area contributed by atoms with Gasteiger partial charge < -0.3 is 14.7 Å². The van der Waals surface area contributed by atoms with E-state index in [9.17, 15) is 9.90 Å². The number of methoxy groups -OCH3 is 1. The number of para-hydroxylation sites is 1. The van der Waals surface area contributed by atoms with Gasteiger partial charge in [-0.1, -0.05) is 29.8 Å². The van der Waals surface area contributed by atoms with Crippen LogP contribution in [0.5, 0.6) is 5.75 Å². The van der Waals surface area contributed by atoms with Crippen LogP contribution in [0.4, 0.5) is 5.69 Å². The molecule has 0 fully saturated rings. The zero-order valence-electron chi connectivity index (χ0n) is 11.8. The second-order valence-corrected chi connectivity index (χ2v) is 5.06. The monoisotopic (exact) mass is 305 g/mol. The van der Waals surface area contributed by atoms with E-state index < -0.39 is 5.97 Å². The third-order valence-electron chi connectivity index (χ3n) is 3.15. The normalized spacial score (nSPS) is 10.2. The van der Waals surface area contributed by atoms with E-state index in [0.29, 0.717) is 17.3 Å². The molecule has 0 aromatic heterocycles. The summed E-state index contributed by atoms with van der Waals surface area (Å²) in [4.78, 5) is 13.1. The second kappa shape index (κ2) is 6.50. The maximum Gasteiger partial charge on any atom is 0.337 e. The average Bonchev–Trinajstić information content (AvgIpc) is 2.46. The summed E-state index contributed by atoms with van der Waals surface area (Å²) < 4.78 is 5.19. The average molecular weight is 306 g/mol. The number of anilines is 1. The van der Waals surface area contributed by atoms with E-state index in [0.717, 1.165) is 11.3 Å². The number of benzene rings is 2. The van der Waals surface area contributed by atoms with Crippen LogP contribution in [-0.4, -0.2) is 25.2 Å². The fourth-order valence-electron chi connectivity index (χ4n) is 2.20. The quantitative estimate of drug-likeness (QED) is 0.915. The largest absolute Gasteiger partial charge is 0.497 e. The van der Waals surface area contributed by atoms with Crippen LogP contribution in [0.25, 0.3) is 0 Å². The zero-order chi connectivity index (χ0) is 15.4. The number of carbonyl (C=O) groups is 1. The first-order valence-electron chi connectivity index (χ1n) is 6.39. The van der Waals surface area contributed by atoms with Crippen LogP contribution in [0, 0.1) is 0 Å². The molecule has 21 heavy (non-hydrogen) atoms. The Morgan fingerprint density at radius 3 is 2.67 bits per heavy atom. The first kappa shape index (κ1) is 15.2. The molecule has 2 aromatic rings. The van der Waals surface area contributed by atoms with Gasteiger partial charge >= 0.3 is 5.97 Å². The minimum absolute atomic E-state index is 0.188. The Bertz CT molecular complexity index is 658. The molecule has 0 saturated heterocycles. The van der Waals surface area contributed by atoms with Crippen LogP contribution < -0.4 is 9.64 Å². The number of aromatic carboxylic acids is 1. The van der Waals surface area contributed by atoms with Crippen molar-refractivity contribution in [3.8, 4) is 5.75 Å². The predicted molar refractivity (Wildman–Crippen MR) is 83.5 cm³/mol. The molecule has 0 bridgehead atoms. The second-order valence-electron chi connectivity index (χ2n) is 4.65. The lowest BCUT2D eigenvalue weighted by Gasteiger charge is -2.22. The van der Waals surface area contributed by atoms with Crippen molar-refractivity contribution >= 4 is 23.3 Å². The van der Waals surface area contributed by atoms with Gasteiger partial charge in [-0.3, -0.25) is 0 Å². The van der Waals surface area contributed by atoms with Gasteiger partial charge in [0, 0.05) is 13.6 Å². The van der Waals surface area contributed by atoms with Gasteiger partial charge in [0.2, 0.25) is 0 Å². The Kier molecular flexibility index (Phi) is 4.70. The molecule has 0 amide bonds. The van der Waals surface area contributed by atoms with E-state index in [1.807, 2.05) is 36.2 Å². The van der Waals surface area contributed by atoms with Gasteiger partial charge in [0.1, 0.15) is 5.75 Å². The third kappa shape index (κ3) is 3.47. The number of ether oxygens (including phenoxy) is 1. The van der Waals surface area contributed by atoms with Gasteiger partial charge in [-0.25, -0.2) is 4.79 Å². The van der Waals surface area contributed by atoms with Crippen molar-refractivity contribution in [1.29, 1.82) is 0 Å². The smallest absolute Gasteiger partial charge is 0.337 e. The van der Waals surface area contributed by atoms with Gasteiger partial charge in [-0.15, -0.1) is 0 Å². The fourth-order valence-corrected chi connectivity index (χ4v) is 2.52. The molecule has 0 unspecified atom stereocenters. The number of hydrogen-bond donors (Lipinski definition) is 1. The van der Waals surface area contributed by atoms with Gasteiger partial charge in [0.15, 0.2) is 0 Å². The number of hydrogen-bond acceptors (Lipinski definition) is 3. The SMILES string of the molecule is COc1cccc(CN(C)c2c(Cl)cccc2C(=O)O)c1. The zero-order valence-corrected chi connectivity index (χ0v) is 12.6. The van der Waals surface area contributed by atoms with E-state index in [4.69, 9.17) is 16.3 Å². The van der Waals surface area contributed by atoms with Crippen molar-refractivity contribution in [1.82, 2.24) is 0 Å². The highest BCUT2D eigenvalue weighted by Crippen LogP contribution is 2.30. The molecule has 0 aliphatic rings. The van der Waals surface area contributed by atoms with E-state index in [-0.39, 0.29) is 5.56 Å². The molecule has 0 radical (unpaired) electrons. The maximum absolute atomic E-state index is 11.3. The molecule has 0 aliphatic heterocycles. The first-order valence-corrected chi connectivity index (χ1v) is 6.76. The molecule has 0 spiro atoms. The Morgan fingerprint density at radius 1 is 1.29 bits per heavy atom. The van der Waals surface area contributed by atoms with Gasteiger partial charge in [-0.2, -0.15) is 0 Å². The van der Waals surface area contributed by atoms with Crippen molar-refractivity contribution in [2.45, 2.75) is 6.54 Å². The first-order chi connectivity index (χ1) is 10.0. The summed E-state index contributed by atoms with van der Waals surface area (Å²) in [6.07, 6.45) is 0. The van der Waals surface area contributed by atoms with E-state index in [1.54, 1.807) is 25.3 Å². The summed E-state index contributed by atoms with van der Waals surface area (Å²) in [6, 6.07) is 12.5. The number of carboxylic acids is 1. The molecule has 2 aromatic carbocycles. The van der Waals surface area contributed by atoms with Crippen LogP contribution in [0.15, 0.2) is 42.5 Å². The van der Waals surface area contributed by atoms with E-state index in [1.165, 1.54) is 0 Å². The molecule has 110 valence electrons. The molecular formula is C16H16ClNO3. The van der Waals surface area contributed by atoms with Gasteiger partial charge in [-0.05, 0) is 29.8 Å². The molecular weight excluding hydrogens is 290 g/mol. The molecule has 0 heterocycles. The Morgan fingerprint density at radius 2 is 2.00 bits per heavy atom.